The lowest BCUT2D eigenvalue weighted by Gasteiger charge is -2.35. The molecular formula is C17H25NO. The first-order valence-corrected chi connectivity index (χ1v) is 7.50. The number of hydrogen-bond acceptors (Lipinski definition) is 2. The van der Waals surface area contributed by atoms with Crippen molar-refractivity contribution in [3.63, 3.8) is 0 Å². The number of aryl methyl sites for hydroxylation is 1. The van der Waals surface area contributed by atoms with Crippen LogP contribution in [0.1, 0.15) is 50.5 Å². The Morgan fingerprint density at radius 1 is 1.11 bits per heavy atom. The Morgan fingerprint density at radius 3 is 2.42 bits per heavy atom. The Hall–Kier alpha value is -1.15. The molecule has 0 heterocycles. The molecule has 0 saturated heterocycles. The highest BCUT2D eigenvalue weighted by Gasteiger charge is 2.32. The summed E-state index contributed by atoms with van der Waals surface area (Å²) < 4.78 is 0. The number of nitrogens with two attached hydrogens (primary N) is 1. The maximum absolute atomic E-state index is 12.2. The van der Waals surface area contributed by atoms with Gasteiger partial charge in [0.05, 0.1) is 0 Å². The molecular weight excluding hydrogens is 234 g/mol. The lowest BCUT2D eigenvalue weighted by molar-refractivity contribution is -0.121. The molecule has 2 heteroatoms. The lowest BCUT2D eigenvalue weighted by Crippen LogP contribution is -2.35. The molecule has 0 amide bonds. The van der Waals surface area contributed by atoms with Crippen molar-refractivity contribution in [3.8, 4) is 0 Å². The molecule has 1 saturated carbocycles. The lowest BCUT2D eigenvalue weighted by atomic mass is 9.70. The quantitative estimate of drug-likeness (QED) is 0.849. The molecule has 104 valence electrons. The minimum Gasteiger partial charge on any atom is -0.330 e. The van der Waals surface area contributed by atoms with Crippen molar-refractivity contribution >= 4 is 5.78 Å². The van der Waals surface area contributed by atoms with Crippen molar-refractivity contribution in [2.75, 3.05) is 6.54 Å². The highest BCUT2D eigenvalue weighted by molar-refractivity contribution is 5.79. The summed E-state index contributed by atoms with van der Waals surface area (Å²) >= 11 is 0. The zero-order chi connectivity index (χ0) is 13.6. The predicted octanol–water partition coefficient (Wildman–Crippen LogP) is 3.49. The highest BCUT2D eigenvalue weighted by Crippen LogP contribution is 2.38. The number of benzene rings is 1. The second-order valence-electron chi connectivity index (χ2n) is 5.97. The molecule has 0 aliphatic heterocycles. The van der Waals surface area contributed by atoms with E-state index >= 15 is 0 Å². The first-order chi connectivity index (χ1) is 9.24. The number of carbonyl (C=O) groups excluding carboxylic acids is 1. The van der Waals surface area contributed by atoms with Gasteiger partial charge in [0.1, 0.15) is 5.78 Å². The van der Waals surface area contributed by atoms with Crippen LogP contribution in [0.5, 0.6) is 0 Å². The third kappa shape index (κ3) is 4.17. The van der Waals surface area contributed by atoms with Crippen molar-refractivity contribution in [3.05, 3.63) is 35.9 Å². The maximum atomic E-state index is 12.2. The fourth-order valence-electron chi connectivity index (χ4n) is 3.19. The highest BCUT2D eigenvalue weighted by atomic mass is 16.1. The smallest absolute Gasteiger partial charge is 0.133 e. The molecule has 0 bridgehead atoms. The number of hydrogen-bond donors (Lipinski definition) is 1. The minimum absolute atomic E-state index is 0.117. The molecule has 1 fully saturated rings. The van der Waals surface area contributed by atoms with Crippen LogP contribution in [0.25, 0.3) is 0 Å². The van der Waals surface area contributed by atoms with Gasteiger partial charge in [-0.3, -0.25) is 4.79 Å². The van der Waals surface area contributed by atoms with E-state index in [1.165, 1.54) is 24.8 Å². The average molecular weight is 259 g/mol. The van der Waals surface area contributed by atoms with Crippen LogP contribution < -0.4 is 5.73 Å². The predicted molar refractivity (Wildman–Crippen MR) is 79.0 cm³/mol. The summed E-state index contributed by atoms with van der Waals surface area (Å²) in [4.78, 5) is 12.2. The summed E-state index contributed by atoms with van der Waals surface area (Å²) in [6.45, 7) is 0.671. The summed E-state index contributed by atoms with van der Waals surface area (Å²) in [5.74, 6) is 0.385. The Kier molecular flexibility index (Phi) is 5.15. The van der Waals surface area contributed by atoms with E-state index in [1.807, 2.05) is 18.2 Å². The molecule has 2 N–H and O–H groups in total. The summed E-state index contributed by atoms with van der Waals surface area (Å²) in [6.07, 6.45) is 8.27. The van der Waals surface area contributed by atoms with E-state index in [0.29, 0.717) is 25.2 Å². The minimum atomic E-state index is 0.117. The van der Waals surface area contributed by atoms with Crippen molar-refractivity contribution < 1.29 is 4.79 Å². The number of carbonyl (C=O) groups is 1. The van der Waals surface area contributed by atoms with Gasteiger partial charge in [-0.25, -0.2) is 0 Å². The summed E-state index contributed by atoms with van der Waals surface area (Å²) in [5, 5.41) is 0. The summed E-state index contributed by atoms with van der Waals surface area (Å²) in [5.41, 5.74) is 7.31. The van der Waals surface area contributed by atoms with Crippen molar-refractivity contribution in [2.45, 2.75) is 51.4 Å². The SMILES string of the molecule is NCC1(CC(=O)CCc2ccccc2)CCCCC1. The van der Waals surface area contributed by atoms with Gasteiger partial charge in [-0.2, -0.15) is 0 Å². The molecule has 0 unspecified atom stereocenters. The fourth-order valence-corrected chi connectivity index (χ4v) is 3.19. The summed E-state index contributed by atoms with van der Waals surface area (Å²) in [6, 6.07) is 10.3. The average Bonchev–Trinajstić information content (AvgIpc) is 2.47. The Morgan fingerprint density at radius 2 is 1.79 bits per heavy atom. The molecule has 1 aliphatic carbocycles. The van der Waals surface area contributed by atoms with Crippen LogP contribution in [0.15, 0.2) is 30.3 Å². The van der Waals surface area contributed by atoms with Crippen molar-refractivity contribution in [1.82, 2.24) is 0 Å². The maximum Gasteiger partial charge on any atom is 0.133 e. The molecule has 1 aromatic rings. The third-order valence-electron chi connectivity index (χ3n) is 4.45. The fraction of sp³-hybridized carbons (Fsp3) is 0.588. The van der Waals surface area contributed by atoms with Gasteiger partial charge in [-0.15, -0.1) is 0 Å². The Balaban J connectivity index is 1.83. The Bertz CT molecular complexity index is 393. The van der Waals surface area contributed by atoms with Crippen LogP contribution in [0.3, 0.4) is 0 Å². The second-order valence-corrected chi connectivity index (χ2v) is 5.97. The molecule has 19 heavy (non-hydrogen) atoms. The molecule has 1 aromatic carbocycles. The van der Waals surface area contributed by atoms with Crippen LogP contribution in [0.4, 0.5) is 0 Å². The van der Waals surface area contributed by atoms with E-state index in [9.17, 15) is 4.79 Å². The van der Waals surface area contributed by atoms with Crippen LogP contribution in [0.2, 0.25) is 0 Å². The van der Waals surface area contributed by atoms with Crippen LogP contribution in [0, 0.1) is 5.41 Å². The monoisotopic (exact) mass is 259 g/mol. The molecule has 2 rings (SSSR count). The van der Waals surface area contributed by atoms with E-state index in [1.54, 1.807) is 0 Å². The third-order valence-corrected chi connectivity index (χ3v) is 4.45. The van der Waals surface area contributed by atoms with Gasteiger partial charge >= 0.3 is 0 Å². The van der Waals surface area contributed by atoms with Gasteiger partial charge in [0.2, 0.25) is 0 Å². The van der Waals surface area contributed by atoms with Gasteiger partial charge in [0.15, 0.2) is 0 Å². The molecule has 0 aromatic heterocycles. The zero-order valence-electron chi connectivity index (χ0n) is 11.7. The molecule has 0 atom stereocenters. The molecule has 0 radical (unpaired) electrons. The number of ketones is 1. The van der Waals surface area contributed by atoms with Crippen molar-refractivity contribution in [1.29, 1.82) is 0 Å². The Labute approximate surface area is 116 Å². The molecule has 2 nitrogen and oxygen atoms in total. The van der Waals surface area contributed by atoms with Gasteiger partial charge in [0, 0.05) is 12.8 Å². The van der Waals surface area contributed by atoms with Crippen LogP contribution >= 0.6 is 0 Å². The van der Waals surface area contributed by atoms with E-state index in [-0.39, 0.29) is 5.41 Å². The van der Waals surface area contributed by atoms with E-state index < -0.39 is 0 Å². The summed E-state index contributed by atoms with van der Waals surface area (Å²) in [7, 11) is 0. The first kappa shape index (κ1) is 14.3. The van der Waals surface area contributed by atoms with Crippen LogP contribution in [-0.2, 0) is 11.2 Å². The van der Waals surface area contributed by atoms with Gasteiger partial charge in [-0.05, 0) is 36.8 Å². The second kappa shape index (κ2) is 6.85. The topological polar surface area (TPSA) is 43.1 Å². The van der Waals surface area contributed by atoms with E-state index in [2.05, 4.69) is 12.1 Å². The normalized spacial score (nSPS) is 18.2. The van der Waals surface area contributed by atoms with E-state index in [0.717, 1.165) is 19.3 Å². The standard InChI is InChI=1S/C17H25NO/c18-14-17(11-5-2-6-12-17)13-16(19)10-9-15-7-3-1-4-8-15/h1,3-4,7-8H,2,5-6,9-14,18H2. The van der Waals surface area contributed by atoms with Gasteiger partial charge in [0.25, 0.3) is 0 Å². The van der Waals surface area contributed by atoms with E-state index in [4.69, 9.17) is 5.73 Å². The molecule has 1 aliphatic rings. The van der Waals surface area contributed by atoms with Gasteiger partial charge in [-0.1, -0.05) is 49.6 Å². The van der Waals surface area contributed by atoms with Gasteiger partial charge < -0.3 is 5.73 Å². The van der Waals surface area contributed by atoms with Crippen LogP contribution in [-0.4, -0.2) is 12.3 Å². The molecule has 0 spiro atoms. The number of Topliss-reactive ketones (excluding diaryl/α,β-unsaturated/α-hetero) is 1. The number of rotatable bonds is 6. The first-order valence-electron chi connectivity index (χ1n) is 7.50. The zero-order valence-corrected chi connectivity index (χ0v) is 11.7. The van der Waals surface area contributed by atoms with Crippen molar-refractivity contribution in [2.24, 2.45) is 11.1 Å². The largest absolute Gasteiger partial charge is 0.330 e.